The Hall–Kier alpha value is -1.85. The van der Waals surface area contributed by atoms with Crippen molar-refractivity contribution in [3.05, 3.63) is 53.6 Å². The van der Waals surface area contributed by atoms with E-state index < -0.39 is 6.10 Å². The molecule has 24 heavy (non-hydrogen) atoms. The standard InChI is InChI=1S/C18H20ClNO3S/c1-13(23-16-7-5-15(22-2)6-8-16)18(21)20-11-12-24-17-9-3-14(19)4-10-17/h3-10,13H,11-12H2,1-2H3,(H,20,21)/t13-/m0/s1. The van der Waals surface area contributed by atoms with Crippen molar-refractivity contribution in [2.45, 2.75) is 17.9 Å². The largest absolute Gasteiger partial charge is 0.497 e. The molecule has 0 spiro atoms. The number of hydrogen-bond donors (Lipinski definition) is 1. The molecule has 2 rings (SSSR count). The number of rotatable bonds is 8. The van der Waals surface area contributed by atoms with Crippen molar-refractivity contribution < 1.29 is 14.3 Å². The molecule has 0 aromatic heterocycles. The summed E-state index contributed by atoms with van der Waals surface area (Å²) in [6.45, 7) is 2.30. The second kappa shape index (κ2) is 9.45. The molecule has 2 aromatic carbocycles. The zero-order valence-electron chi connectivity index (χ0n) is 13.6. The maximum absolute atomic E-state index is 12.0. The zero-order valence-corrected chi connectivity index (χ0v) is 15.2. The van der Waals surface area contributed by atoms with Crippen molar-refractivity contribution in [2.75, 3.05) is 19.4 Å². The lowest BCUT2D eigenvalue weighted by atomic mass is 10.3. The minimum absolute atomic E-state index is 0.137. The smallest absolute Gasteiger partial charge is 0.260 e. The number of nitrogens with one attached hydrogen (secondary N) is 1. The molecule has 0 bridgehead atoms. The molecule has 0 aliphatic heterocycles. The summed E-state index contributed by atoms with van der Waals surface area (Å²) in [5.41, 5.74) is 0. The predicted molar refractivity (Wildman–Crippen MR) is 98.3 cm³/mol. The zero-order chi connectivity index (χ0) is 17.4. The van der Waals surface area contributed by atoms with Gasteiger partial charge in [0.1, 0.15) is 11.5 Å². The Morgan fingerprint density at radius 3 is 2.38 bits per heavy atom. The van der Waals surface area contributed by atoms with Gasteiger partial charge in [0.25, 0.3) is 5.91 Å². The van der Waals surface area contributed by atoms with Gasteiger partial charge in [-0.3, -0.25) is 4.79 Å². The molecular weight excluding hydrogens is 346 g/mol. The molecule has 2 aromatic rings. The molecule has 0 radical (unpaired) electrons. The van der Waals surface area contributed by atoms with Crippen molar-refractivity contribution in [3.63, 3.8) is 0 Å². The number of carbonyl (C=O) groups excluding carboxylic acids is 1. The van der Waals surface area contributed by atoms with Crippen LogP contribution in [0.2, 0.25) is 5.02 Å². The Kier molecular flexibility index (Phi) is 7.28. The molecule has 0 saturated heterocycles. The molecule has 1 atom stereocenters. The fourth-order valence-corrected chi connectivity index (χ4v) is 2.82. The number of halogens is 1. The third-order valence-corrected chi connectivity index (χ3v) is 4.49. The van der Waals surface area contributed by atoms with Gasteiger partial charge in [0, 0.05) is 22.2 Å². The summed E-state index contributed by atoms with van der Waals surface area (Å²) in [5, 5.41) is 3.59. The van der Waals surface area contributed by atoms with E-state index in [-0.39, 0.29) is 5.91 Å². The van der Waals surface area contributed by atoms with Crippen LogP contribution in [0.3, 0.4) is 0 Å². The van der Waals surface area contributed by atoms with Crippen molar-refractivity contribution in [1.29, 1.82) is 0 Å². The summed E-state index contributed by atoms with van der Waals surface area (Å²) in [6, 6.07) is 14.8. The summed E-state index contributed by atoms with van der Waals surface area (Å²) in [5.74, 6) is 2.03. The number of methoxy groups -OCH3 is 1. The van der Waals surface area contributed by atoms with Crippen LogP contribution >= 0.6 is 23.4 Å². The highest BCUT2D eigenvalue weighted by molar-refractivity contribution is 7.99. The maximum Gasteiger partial charge on any atom is 0.260 e. The topological polar surface area (TPSA) is 47.6 Å². The van der Waals surface area contributed by atoms with Crippen LogP contribution < -0.4 is 14.8 Å². The first-order chi connectivity index (χ1) is 11.6. The molecule has 0 saturated carbocycles. The molecule has 128 valence electrons. The number of benzene rings is 2. The monoisotopic (exact) mass is 365 g/mol. The summed E-state index contributed by atoms with van der Waals surface area (Å²) in [6.07, 6.45) is -0.557. The van der Waals surface area contributed by atoms with Gasteiger partial charge in [-0.05, 0) is 55.5 Å². The van der Waals surface area contributed by atoms with E-state index in [9.17, 15) is 4.79 Å². The van der Waals surface area contributed by atoms with E-state index in [1.165, 1.54) is 0 Å². The molecule has 6 heteroatoms. The fraction of sp³-hybridized carbons (Fsp3) is 0.278. The Bertz CT molecular complexity index is 646. The second-order valence-corrected chi connectivity index (χ2v) is 6.63. The van der Waals surface area contributed by atoms with E-state index in [2.05, 4.69) is 5.32 Å². The van der Waals surface area contributed by atoms with Crippen LogP contribution in [-0.2, 0) is 4.79 Å². The molecule has 4 nitrogen and oxygen atoms in total. The lowest BCUT2D eigenvalue weighted by Crippen LogP contribution is -2.37. The van der Waals surface area contributed by atoms with Crippen molar-refractivity contribution in [3.8, 4) is 11.5 Å². The van der Waals surface area contributed by atoms with Crippen molar-refractivity contribution in [1.82, 2.24) is 5.32 Å². The fourth-order valence-electron chi connectivity index (χ4n) is 1.93. The quantitative estimate of drug-likeness (QED) is 0.567. The first kappa shape index (κ1) is 18.5. The van der Waals surface area contributed by atoms with Gasteiger partial charge < -0.3 is 14.8 Å². The van der Waals surface area contributed by atoms with Crippen LogP contribution in [0.25, 0.3) is 0 Å². The average Bonchev–Trinajstić information content (AvgIpc) is 2.60. The van der Waals surface area contributed by atoms with Gasteiger partial charge in [0.15, 0.2) is 6.10 Å². The Morgan fingerprint density at radius 1 is 1.12 bits per heavy atom. The summed E-state index contributed by atoms with van der Waals surface area (Å²) in [7, 11) is 1.61. The summed E-state index contributed by atoms with van der Waals surface area (Å²) < 4.78 is 10.7. The number of hydrogen-bond acceptors (Lipinski definition) is 4. The molecule has 0 unspecified atom stereocenters. The van der Waals surface area contributed by atoms with E-state index >= 15 is 0 Å². The molecule has 1 N–H and O–H groups in total. The lowest BCUT2D eigenvalue weighted by Gasteiger charge is -2.15. The van der Waals surface area contributed by atoms with Gasteiger partial charge in [-0.1, -0.05) is 11.6 Å². The number of amides is 1. The molecule has 0 fully saturated rings. The normalized spacial score (nSPS) is 11.6. The second-order valence-electron chi connectivity index (χ2n) is 5.03. The van der Waals surface area contributed by atoms with Gasteiger partial charge in [-0.2, -0.15) is 0 Å². The minimum atomic E-state index is -0.557. The molecular formula is C18H20ClNO3S. The molecule has 0 aliphatic carbocycles. The molecule has 0 aliphatic rings. The van der Waals surface area contributed by atoms with Gasteiger partial charge in [-0.15, -0.1) is 11.8 Å². The lowest BCUT2D eigenvalue weighted by molar-refractivity contribution is -0.127. The van der Waals surface area contributed by atoms with Gasteiger partial charge in [-0.25, -0.2) is 0 Å². The summed E-state index contributed by atoms with van der Waals surface area (Å²) in [4.78, 5) is 13.2. The third kappa shape index (κ3) is 5.98. The highest BCUT2D eigenvalue weighted by Gasteiger charge is 2.14. The first-order valence-corrected chi connectivity index (χ1v) is 8.91. The van der Waals surface area contributed by atoms with Crippen molar-refractivity contribution >= 4 is 29.3 Å². The van der Waals surface area contributed by atoms with E-state index in [1.807, 2.05) is 24.3 Å². The predicted octanol–water partition coefficient (Wildman–Crippen LogP) is 4.02. The first-order valence-electron chi connectivity index (χ1n) is 7.55. The Morgan fingerprint density at radius 2 is 1.75 bits per heavy atom. The van der Waals surface area contributed by atoms with Crippen LogP contribution in [0.1, 0.15) is 6.92 Å². The van der Waals surface area contributed by atoms with Gasteiger partial charge in [0.05, 0.1) is 7.11 Å². The average molecular weight is 366 g/mol. The van der Waals surface area contributed by atoms with Gasteiger partial charge >= 0.3 is 0 Å². The van der Waals surface area contributed by atoms with Crippen LogP contribution in [0.5, 0.6) is 11.5 Å². The van der Waals surface area contributed by atoms with Crippen LogP contribution in [0.15, 0.2) is 53.4 Å². The highest BCUT2D eigenvalue weighted by atomic mass is 35.5. The van der Waals surface area contributed by atoms with E-state index in [1.54, 1.807) is 50.1 Å². The van der Waals surface area contributed by atoms with Gasteiger partial charge in [0.2, 0.25) is 0 Å². The Labute approximate surface area is 151 Å². The highest BCUT2D eigenvalue weighted by Crippen LogP contribution is 2.20. The Balaban J connectivity index is 1.70. The SMILES string of the molecule is COc1ccc(O[C@@H](C)C(=O)NCCSc2ccc(Cl)cc2)cc1. The van der Waals surface area contributed by atoms with E-state index in [4.69, 9.17) is 21.1 Å². The number of ether oxygens (including phenoxy) is 2. The molecule has 0 heterocycles. The number of thioether (sulfide) groups is 1. The molecule has 1 amide bonds. The number of carbonyl (C=O) groups is 1. The summed E-state index contributed by atoms with van der Waals surface area (Å²) >= 11 is 7.51. The minimum Gasteiger partial charge on any atom is -0.497 e. The maximum atomic E-state index is 12.0. The van der Waals surface area contributed by atoms with Crippen molar-refractivity contribution in [2.24, 2.45) is 0 Å². The van der Waals surface area contributed by atoms with E-state index in [0.717, 1.165) is 21.4 Å². The van der Waals surface area contributed by atoms with Crippen LogP contribution in [0.4, 0.5) is 0 Å². The van der Waals surface area contributed by atoms with E-state index in [0.29, 0.717) is 12.3 Å². The van der Waals surface area contributed by atoms with Crippen LogP contribution in [0, 0.1) is 0 Å². The van der Waals surface area contributed by atoms with Crippen LogP contribution in [-0.4, -0.2) is 31.4 Å². The third-order valence-electron chi connectivity index (χ3n) is 3.23.